The van der Waals surface area contributed by atoms with E-state index < -0.39 is 15.3 Å². The van der Waals surface area contributed by atoms with Gasteiger partial charge in [0, 0.05) is 32.0 Å². The van der Waals surface area contributed by atoms with Gasteiger partial charge in [0.1, 0.15) is 0 Å². The van der Waals surface area contributed by atoms with Gasteiger partial charge >= 0.3 is 0 Å². The molecule has 0 atom stereocenters. The molecule has 0 spiro atoms. The summed E-state index contributed by atoms with van der Waals surface area (Å²) < 4.78 is 39.2. The largest absolute Gasteiger partial charge is 0.381 e. The van der Waals surface area contributed by atoms with Crippen LogP contribution < -0.4 is 10.0 Å². The number of aryl methyl sites for hydroxylation is 1. The van der Waals surface area contributed by atoms with Crippen molar-refractivity contribution >= 4 is 26.7 Å². The second-order valence-electron chi connectivity index (χ2n) is 7.71. The van der Waals surface area contributed by atoms with Crippen LogP contribution in [-0.2, 0) is 27.8 Å². The van der Waals surface area contributed by atoms with E-state index in [0.717, 1.165) is 29.6 Å². The average Bonchev–Trinajstić information content (AvgIpc) is 3.40. The summed E-state index contributed by atoms with van der Waals surface area (Å²) in [5.41, 5.74) is 2.25. The van der Waals surface area contributed by atoms with Gasteiger partial charge in [-0.3, -0.25) is 0 Å². The lowest BCUT2D eigenvalue weighted by atomic mass is 10.1. The predicted molar refractivity (Wildman–Crippen MR) is 115 cm³/mol. The number of rotatable bonds is 8. The number of pyridine rings is 1. The molecule has 168 valence electrons. The Hall–Kier alpha value is -2.57. The molecule has 4 rings (SSSR count). The Morgan fingerprint density at radius 3 is 2.74 bits per heavy atom. The van der Waals surface area contributed by atoms with Crippen LogP contribution in [-0.4, -0.2) is 57.8 Å². The molecule has 0 aromatic carbocycles. The highest BCUT2D eigenvalue weighted by molar-refractivity contribution is 7.90. The van der Waals surface area contributed by atoms with Crippen molar-refractivity contribution in [1.82, 2.24) is 29.6 Å². The molecular weight excluding hydrogens is 422 g/mol. The number of ether oxygens (including phenoxy) is 1. The molecule has 1 aliphatic heterocycles. The van der Waals surface area contributed by atoms with Crippen LogP contribution in [0, 0.1) is 0 Å². The van der Waals surface area contributed by atoms with Crippen LogP contribution >= 0.6 is 0 Å². The minimum absolute atomic E-state index is 0.0455. The SMILES string of the molecule is CCn1ncc2c(NC3CCOCC3)c(-c3nc(CNS(=O)(=O)C(C)C)no3)cnc21. The van der Waals surface area contributed by atoms with Crippen LogP contribution in [0.1, 0.15) is 39.4 Å². The Morgan fingerprint density at radius 1 is 1.26 bits per heavy atom. The van der Waals surface area contributed by atoms with Crippen LogP contribution in [0.15, 0.2) is 16.9 Å². The Bertz CT molecular complexity index is 1150. The molecule has 1 fully saturated rings. The normalized spacial score (nSPS) is 15.7. The van der Waals surface area contributed by atoms with Crippen LogP contribution in [0.4, 0.5) is 5.69 Å². The monoisotopic (exact) mass is 449 g/mol. The van der Waals surface area contributed by atoms with Crippen molar-refractivity contribution in [3.63, 3.8) is 0 Å². The molecule has 1 aliphatic rings. The summed E-state index contributed by atoms with van der Waals surface area (Å²) in [6.07, 6.45) is 5.24. The zero-order chi connectivity index (χ0) is 22.0. The van der Waals surface area contributed by atoms with E-state index in [2.05, 4.69) is 30.3 Å². The molecule has 1 saturated heterocycles. The van der Waals surface area contributed by atoms with Gasteiger partial charge in [0.05, 0.1) is 34.6 Å². The molecule has 0 aliphatic carbocycles. The summed E-state index contributed by atoms with van der Waals surface area (Å²) in [5.74, 6) is 0.521. The van der Waals surface area contributed by atoms with Gasteiger partial charge in [-0.25, -0.2) is 22.8 Å². The van der Waals surface area contributed by atoms with E-state index in [9.17, 15) is 8.42 Å². The lowest BCUT2D eigenvalue weighted by molar-refractivity contribution is 0.0905. The predicted octanol–water partition coefficient (Wildman–Crippen LogP) is 1.92. The molecule has 0 unspecified atom stereocenters. The fourth-order valence-electron chi connectivity index (χ4n) is 3.39. The average molecular weight is 450 g/mol. The quantitative estimate of drug-likeness (QED) is 0.528. The molecule has 2 N–H and O–H groups in total. The molecule has 0 amide bonds. The first kappa shape index (κ1) is 21.7. The molecule has 0 radical (unpaired) electrons. The lowest BCUT2D eigenvalue weighted by Gasteiger charge is -2.25. The van der Waals surface area contributed by atoms with Gasteiger partial charge < -0.3 is 14.6 Å². The first-order valence-corrected chi connectivity index (χ1v) is 11.9. The number of nitrogens with one attached hydrogen (secondary N) is 2. The minimum Gasteiger partial charge on any atom is -0.381 e. The number of anilines is 1. The Labute approximate surface area is 180 Å². The summed E-state index contributed by atoms with van der Waals surface area (Å²) in [7, 11) is -3.43. The third kappa shape index (κ3) is 4.55. The molecule has 0 bridgehead atoms. The molecule has 0 saturated carbocycles. The highest BCUT2D eigenvalue weighted by Gasteiger charge is 2.23. The first-order valence-electron chi connectivity index (χ1n) is 10.4. The van der Waals surface area contributed by atoms with Crippen molar-refractivity contribution in [2.75, 3.05) is 18.5 Å². The van der Waals surface area contributed by atoms with Gasteiger partial charge in [0.2, 0.25) is 10.0 Å². The van der Waals surface area contributed by atoms with Crippen LogP contribution in [0.25, 0.3) is 22.5 Å². The van der Waals surface area contributed by atoms with Gasteiger partial charge in [-0.2, -0.15) is 10.1 Å². The van der Waals surface area contributed by atoms with E-state index in [1.54, 1.807) is 26.2 Å². The third-order valence-electron chi connectivity index (χ3n) is 5.29. The summed E-state index contributed by atoms with van der Waals surface area (Å²) in [4.78, 5) is 8.95. The van der Waals surface area contributed by atoms with Crippen LogP contribution in [0.2, 0.25) is 0 Å². The number of aromatic nitrogens is 5. The molecule has 3 aromatic heterocycles. The Balaban J connectivity index is 1.66. The van der Waals surface area contributed by atoms with Gasteiger partial charge in [0.25, 0.3) is 5.89 Å². The summed E-state index contributed by atoms with van der Waals surface area (Å²) in [5, 5.41) is 12.3. The van der Waals surface area contributed by atoms with E-state index in [1.165, 1.54) is 0 Å². The van der Waals surface area contributed by atoms with Crippen molar-refractivity contribution in [1.29, 1.82) is 0 Å². The number of fused-ring (bicyclic) bond motifs is 1. The standard InChI is InChI=1S/C19H27N7O4S/c1-4-26-18-14(10-21-26)17(23-13-5-7-29-8-6-13)15(9-20-18)19-24-16(25-30-19)11-22-31(27,28)12(2)3/h9-10,12-13,22H,4-8,11H2,1-3H3,(H,20,23). The van der Waals surface area contributed by atoms with Crippen LogP contribution in [0.3, 0.4) is 0 Å². The molecule has 11 nitrogen and oxygen atoms in total. The molecule has 4 heterocycles. The zero-order valence-electron chi connectivity index (χ0n) is 17.8. The van der Waals surface area contributed by atoms with E-state index in [1.807, 2.05) is 11.6 Å². The maximum atomic E-state index is 12.0. The van der Waals surface area contributed by atoms with Crippen molar-refractivity contribution < 1.29 is 17.7 Å². The van der Waals surface area contributed by atoms with Gasteiger partial charge in [-0.15, -0.1) is 0 Å². The van der Waals surface area contributed by atoms with Crippen molar-refractivity contribution in [2.24, 2.45) is 0 Å². The van der Waals surface area contributed by atoms with E-state index in [-0.39, 0.29) is 24.3 Å². The first-order chi connectivity index (χ1) is 14.9. The fourth-order valence-corrected chi connectivity index (χ4v) is 4.05. The Kier molecular flexibility index (Phi) is 6.21. The second kappa shape index (κ2) is 8.89. The maximum absolute atomic E-state index is 12.0. The highest BCUT2D eigenvalue weighted by atomic mass is 32.2. The van der Waals surface area contributed by atoms with Gasteiger partial charge in [0.15, 0.2) is 11.5 Å². The lowest BCUT2D eigenvalue weighted by Crippen LogP contribution is -2.30. The highest BCUT2D eigenvalue weighted by Crippen LogP contribution is 2.34. The number of hydrogen-bond acceptors (Lipinski definition) is 9. The number of hydrogen-bond donors (Lipinski definition) is 2. The van der Waals surface area contributed by atoms with Crippen molar-refractivity contribution in [2.45, 2.75) is 58.0 Å². The molecule has 3 aromatic rings. The van der Waals surface area contributed by atoms with Crippen LogP contribution in [0.5, 0.6) is 0 Å². The topological polar surface area (TPSA) is 137 Å². The molecular formula is C19H27N7O4S. The number of nitrogens with zero attached hydrogens (tertiary/aromatic N) is 5. The van der Waals surface area contributed by atoms with Crippen molar-refractivity contribution in [3.05, 3.63) is 18.2 Å². The van der Waals surface area contributed by atoms with Crippen molar-refractivity contribution in [3.8, 4) is 11.5 Å². The molecule has 31 heavy (non-hydrogen) atoms. The van der Waals surface area contributed by atoms with E-state index in [4.69, 9.17) is 9.26 Å². The third-order valence-corrected chi connectivity index (χ3v) is 7.07. The minimum atomic E-state index is -3.43. The summed E-state index contributed by atoms with van der Waals surface area (Å²) in [6.45, 7) is 7.29. The number of sulfonamides is 1. The fraction of sp³-hybridized carbons (Fsp3) is 0.579. The van der Waals surface area contributed by atoms with E-state index in [0.29, 0.717) is 25.3 Å². The Morgan fingerprint density at radius 2 is 2.03 bits per heavy atom. The maximum Gasteiger partial charge on any atom is 0.261 e. The zero-order valence-corrected chi connectivity index (χ0v) is 18.6. The summed E-state index contributed by atoms with van der Waals surface area (Å²) >= 11 is 0. The smallest absolute Gasteiger partial charge is 0.261 e. The summed E-state index contributed by atoms with van der Waals surface area (Å²) in [6, 6.07) is 0.239. The van der Waals surface area contributed by atoms with E-state index >= 15 is 0 Å². The van der Waals surface area contributed by atoms with Gasteiger partial charge in [-0.05, 0) is 33.6 Å². The van der Waals surface area contributed by atoms with Gasteiger partial charge in [-0.1, -0.05) is 5.16 Å². The molecule has 12 heteroatoms. The second-order valence-corrected chi connectivity index (χ2v) is 10.0.